The maximum Gasteiger partial charge on any atom is 0.0485 e. The number of nitrogens with two attached hydrogens (primary N) is 1. The van der Waals surface area contributed by atoms with E-state index < -0.39 is 0 Å². The molecule has 0 amide bonds. The Labute approximate surface area is 116 Å². The van der Waals surface area contributed by atoms with Crippen molar-refractivity contribution in [2.45, 2.75) is 31.8 Å². The van der Waals surface area contributed by atoms with E-state index in [1.807, 2.05) is 18.5 Å². The van der Waals surface area contributed by atoms with Crippen molar-refractivity contribution in [1.29, 1.82) is 0 Å². The Hall–Kier alpha value is -0.970. The number of nitrogens with zero attached hydrogens (tertiary/aromatic N) is 3. The lowest BCUT2D eigenvalue weighted by atomic mass is 9.99. The largest absolute Gasteiger partial charge is 0.329 e. The maximum absolute atomic E-state index is 5.99. The van der Waals surface area contributed by atoms with Crippen molar-refractivity contribution >= 4 is 0 Å². The molecule has 0 aliphatic carbocycles. The van der Waals surface area contributed by atoms with Gasteiger partial charge in [-0.3, -0.25) is 9.88 Å². The minimum Gasteiger partial charge on any atom is -0.329 e. The summed E-state index contributed by atoms with van der Waals surface area (Å²) in [7, 11) is 2.21. The summed E-state index contributed by atoms with van der Waals surface area (Å²) < 4.78 is 0. The van der Waals surface area contributed by atoms with Crippen LogP contribution in [0.4, 0.5) is 0 Å². The molecule has 1 saturated heterocycles. The molecule has 0 aromatic carbocycles. The standard InChI is InChI=1S/C15H26N4/c1-3-19-9-6-14(7-10-19)18(2)15(11-16)13-5-4-8-17-12-13/h4-5,8,12,14-15H,3,6-7,9-11,16H2,1-2H3. The molecule has 1 aromatic rings. The molecule has 1 atom stereocenters. The predicted octanol–water partition coefficient (Wildman–Crippen LogP) is 1.50. The van der Waals surface area contributed by atoms with Crippen LogP contribution in [0.25, 0.3) is 0 Å². The Morgan fingerprint density at radius 1 is 1.47 bits per heavy atom. The molecule has 0 spiro atoms. The van der Waals surface area contributed by atoms with Gasteiger partial charge >= 0.3 is 0 Å². The summed E-state index contributed by atoms with van der Waals surface area (Å²) in [4.78, 5) is 9.18. The van der Waals surface area contributed by atoms with Crippen LogP contribution in [0.15, 0.2) is 24.5 Å². The first-order valence-corrected chi connectivity index (χ1v) is 7.30. The normalized spacial score (nSPS) is 19.8. The van der Waals surface area contributed by atoms with Crippen LogP contribution in [0.3, 0.4) is 0 Å². The van der Waals surface area contributed by atoms with Gasteiger partial charge < -0.3 is 10.6 Å². The molecular weight excluding hydrogens is 236 g/mol. The van der Waals surface area contributed by atoms with E-state index in [1.54, 1.807) is 0 Å². The Balaban J connectivity index is 1.99. The third-order valence-corrected chi connectivity index (χ3v) is 4.36. The van der Waals surface area contributed by atoms with Crippen molar-refractivity contribution in [2.75, 3.05) is 33.2 Å². The Morgan fingerprint density at radius 3 is 2.74 bits per heavy atom. The molecule has 2 heterocycles. The van der Waals surface area contributed by atoms with Crippen molar-refractivity contribution in [2.24, 2.45) is 5.73 Å². The number of hydrogen-bond acceptors (Lipinski definition) is 4. The molecule has 4 heteroatoms. The monoisotopic (exact) mass is 262 g/mol. The second-order valence-electron chi connectivity index (χ2n) is 5.37. The van der Waals surface area contributed by atoms with Gasteiger partial charge in [0.25, 0.3) is 0 Å². The summed E-state index contributed by atoms with van der Waals surface area (Å²) >= 11 is 0. The van der Waals surface area contributed by atoms with E-state index >= 15 is 0 Å². The summed E-state index contributed by atoms with van der Waals surface area (Å²) in [6, 6.07) is 5.04. The Kier molecular flexibility index (Phi) is 5.31. The molecule has 19 heavy (non-hydrogen) atoms. The van der Waals surface area contributed by atoms with Crippen molar-refractivity contribution in [3.05, 3.63) is 30.1 Å². The number of likely N-dealkylation sites (tertiary alicyclic amines) is 1. The second-order valence-corrected chi connectivity index (χ2v) is 5.37. The number of likely N-dealkylation sites (N-methyl/N-ethyl adjacent to an activating group) is 1. The molecule has 106 valence electrons. The number of rotatable bonds is 5. The summed E-state index contributed by atoms with van der Waals surface area (Å²) in [5.41, 5.74) is 7.21. The molecule has 4 nitrogen and oxygen atoms in total. The highest BCUT2D eigenvalue weighted by Crippen LogP contribution is 2.24. The van der Waals surface area contributed by atoms with Crippen LogP contribution >= 0.6 is 0 Å². The molecule has 1 aliphatic rings. The topological polar surface area (TPSA) is 45.4 Å². The number of aromatic nitrogens is 1. The fourth-order valence-corrected chi connectivity index (χ4v) is 3.01. The van der Waals surface area contributed by atoms with Crippen molar-refractivity contribution < 1.29 is 0 Å². The molecule has 1 aliphatic heterocycles. The number of piperidine rings is 1. The summed E-state index contributed by atoms with van der Waals surface area (Å²) in [6.07, 6.45) is 6.23. The average molecular weight is 262 g/mol. The highest BCUT2D eigenvalue weighted by atomic mass is 15.2. The molecule has 2 rings (SSSR count). The van der Waals surface area contributed by atoms with Gasteiger partial charge in [0.2, 0.25) is 0 Å². The first-order valence-electron chi connectivity index (χ1n) is 7.30. The molecular formula is C15H26N4. The van der Waals surface area contributed by atoms with Crippen molar-refractivity contribution in [1.82, 2.24) is 14.8 Å². The van der Waals surface area contributed by atoms with E-state index in [4.69, 9.17) is 5.73 Å². The molecule has 0 radical (unpaired) electrons. The van der Waals surface area contributed by atoms with Crippen LogP contribution in [-0.4, -0.2) is 54.1 Å². The molecule has 2 N–H and O–H groups in total. The van der Waals surface area contributed by atoms with Gasteiger partial charge in [0, 0.05) is 31.0 Å². The molecule has 1 unspecified atom stereocenters. The van der Waals surface area contributed by atoms with E-state index in [0.717, 1.165) is 0 Å². The van der Waals surface area contributed by atoms with Crippen molar-refractivity contribution in [3.63, 3.8) is 0 Å². The highest BCUT2D eigenvalue weighted by Gasteiger charge is 2.26. The first kappa shape index (κ1) is 14.4. The van der Waals surface area contributed by atoms with Crippen LogP contribution in [0.5, 0.6) is 0 Å². The van der Waals surface area contributed by atoms with Gasteiger partial charge in [-0.1, -0.05) is 13.0 Å². The van der Waals surface area contributed by atoms with E-state index in [0.29, 0.717) is 12.6 Å². The van der Waals surface area contributed by atoms with Gasteiger partial charge in [-0.05, 0) is 51.2 Å². The lowest BCUT2D eigenvalue weighted by molar-refractivity contribution is 0.101. The van der Waals surface area contributed by atoms with E-state index in [1.165, 1.54) is 38.0 Å². The molecule has 0 saturated carbocycles. The van der Waals surface area contributed by atoms with E-state index in [9.17, 15) is 0 Å². The van der Waals surface area contributed by atoms with Crippen LogP contribution in [0, 0.1) is 0 Å². The fourth-order valence-electron chi connectivity index (χ4n) is 3.01. The summed E-state index contributed by atoms with van der Waals surface area (Å²) in [5.74, 6) is 0. The summed E-state index contributed by atoms with van der Waals surface area (Å²) in [6.45, 7) is 6.46. The highest BCUT2D eigenvalue weighted by molar-refractivity contribution is 5.14. The zero-order valence-corrected chi connectivity index (χ0v) is 12.1. The minimum absolute atomic E-state index is 0.284. The zero-order chi connectivity index (χ0) is 13.7. The van der Waals surface area contributed by atoms with Gasteiger partial charge in [0.15, 0.2) is 0 Å². The van der Waals surface area contributed by atoms with Gasteiger partial charge in [-0.15, -0.1) is 0 Å². The van der Waals surface area contributed by atoms with E-state index in [2.05, 4.69) is 34.8 Å². The first-order chi connectivity index (χ1) is 9.26. The van der Waals surface area contributed by atoms with Crippen LogP contribution in [0.1, 0.15) is 31.4 Å². The Bertz CT molecular complexity index is 360. The quantitative estimate of drug-likeness (QED) is 0.873. The van der Waals surface area contributed by atoms with Gasteiger partial charge in [0.1, 0.15) is 0 Å². The second kappa shape index (κ2) is 6.98. The van der Waals surface area contributed by atoms with E-state index in [-0.39, 0.29) is 6.04 Å². The average Bonchev–Trinajstić information content (AvgIpc) is 2.49. The van der Waals surface area contributed by atoms with Crippen LogP contribution in [-0.2, 0) is 0 Å². The lowest BCUT2D eigenvalue weighted by Crippen LogP contribution is -2.45. The number of hydrogen-bond donors (Lipinski definition) is 1. The van der Waals surface area contributed by atoms with Crippen LogP contribution < -0.4 is 5.73 Å². The fraction of sp³-hybridized carbons (Fsp3) is 0.667. The van der Waals surface area contributed by atoms with Crippen LogP contribution in [0.2, 0.25) is 0 Å². The SMILES string of the molecule is CCN1CCC(N(C)C(CN)c2cccnc2)CC1. The number of pyridine rings is 1. The predicted molar refractivity (Wildman–Crippen MR) is 78.9 cm³/mol. The Morgan fingerprint density at radius 2 is 2.21 bits per heavy atom. The molecule has 1 aromatic heterocycles. The lowest BCUT2D eigenvalue weighted by Gasteiger charge is -2.40. The van der Waals surface area contributed by atoms with Gasteiger partial charge in [0.05, 0.1) is 0 Å². The molecule has 0 bridgehead atoms. The smallest absolute Gasteiger partial charge is 0.0485 e. The maximum atomic E-state index is 5.99. The third kappa shape index (κ3) is 3.53. The van der Waals surface area contributed by atoms with Gasteiger partial charge in [-0.2, -0.15) is 0 Å². The minimum atomic E-state index is 0.284. The molecule has 1 fully saturated rings. The van der Waals surface area contributed by atoms with Gasteiger partial charge in [-0.25, -0.2) is 0 Å². The summed E-state index contributed by atoms with van der Waals surface area (Å²) in [5, 5.41) is 0. The zero-order valence-electron chi connectivity index (χ0n) is 12.1. The van der Waals surface area contributed by atoms with Crippen molar-refractivity contribution in [3.8, 4) is 0 Å². The third-order valence-electron chi connectivity index (χ3n) is 4.36.